The van der Waals surface area contributed by atoms with Crippen LogP contribution in [0.2, 0.25) is 0 Å². The number of carbonyl (C=O) groups is 2. The van der Waals surface area contributed by atoms with E-state index in [4.69, 9.17) is 4.42 Å². The van der Waals surface area contributed by atoms with Crippen LogP contribution in [0.4, 0.5) is 5.69 Å². The Morgan fingerprint density at radius 2 is 1.97 bits per heavy atom. The maximum Gasteiger partial charge on any atom is 0.257 e. The number of nitrogens with one attached hydrogen (secondary N) is 1. The van der Waals surface area contributed by atoms with Gasteiger partial charge in [-0.15, -0.1) is 0 Å². The lowest BCUT2D eigenvalue weighted by atomic mass is 10.0. The Labute approximate surface area is 193 Å². The molecule has 2 aromatic heterocycles. The van der Waals surface area contributed by atoms with E-state index in [9.17, 15) is 9.59 Å². The number of aromatic nitrogens is 2. The van der Waals surface area contributed by atoms with Crippen LogP contribution in [0.3, 0.4) is 0 Å². The Balaban J connectivity index is 1.20. The second-order valence-electron chi connectivity index (χ2n) is 9.01. The standard InChI is InChI=1S/C25H29N5O3/c1-17-13-18-5-3-4-6-22(18)30(17)16-23-21(9-12-33-23)25(32)29-10-7-20(8-11-29)27-24(31)19-14-26-28(2)15-19/h3-6,9,12,14-15,17,20H,7-8,10-11,13,16H2,1-2H3,(H,27,31). The van der Waals surface area contributed by atoms with E-state index in [0.717, 1.165) is 19.3 Å². The number of hydrogen-bond acceptors (Lipinski definition) is 5. The molecule has 1 aromatic carbocycles. The third-order valence-corrected chi connectivity index (χ3v) is 6.72. The number of aryl methyl sites for hydroxylation is 1. The van der Waals surface area contributed by atoms with E-state index in [1.165, 1.54) is 11.3 Å². The highest BCUT2D eigenvalue weighted by Crippen LogP contribution is 2.34. The van der Waals surface area contributed by atoms with Crippen LogP contribution in [0, 0.1) is 0 Å². The molecule has 8 nitrogen and oxygen atoms in total. The monoisotopic (exact) mass is 447 g/mol. The number of anilines is 1. The Hall–Kier alpha value is -3.55. The SMILES string of the molecule is CC1Cc2ccccc2N1Cc1occc1C(=O)N1CCC(NC(=O)c2cnn(C)c2)CC1. The molecule has 2 aliphatic heterocycles. The highest BCUT2D eigenvalue weighted by atomic mass is 16.3. The van der Waals surface area contributed by atoms with Crippen molar-refractivity contribution in [1.29, 1.82) is 0 Å². The Kier molecular flexibility index (Phi) is 5.66. The van der Waals surface area contributed by atoms with Crippen LogP contribution >= 0.6 is 0 Å². The van der Waals surface area contributed by atoms with Crippen LogP contribution in [-0.4, -0.2) is 51.7 Å². The molecule has 2 amide bonds. The molecule has 33 heavy (non-hydrogen) atoms. The molecular weight excluding hydrogens is 418 g/mol. The van der Waals surface area contributed by atoms with Crippen LogP contribution in [0.25, 0.3) is 0 Å². The summed E-state index contributed by atoms with van der Waals surface area (Å²) in [5.74, 6) is 0.580. The van der Waals surface area contributed by atoms with Crippen LogP contribution < -0.4 is 10.2 Å². The molecule has 1 saturated heterocycles. The fraction of sp³-hybridized carbons (Fsp3) is 0.400. The van der Waals surface area contributed by atoms with Crippen molar-refractivity contribution in [1.82, 2.24) is 20.0 Å². The zero-order valence-electron chi connectivity index (χ0n) is 19.0. The topological polar surface area (TPSA) is 83.6 Å². The van der Waals surface area contributed by atoms with Crippen LogP contribution in [0.15, 0.2) is 53.4 Å². The van der Waals surface area contributed by atoms with E-state index in [1.54, 1.807) is 36.5 Å². The summed E-state index contributed by atoms with van der Waals surface area (Å²) in [7, 11) is 1.79. The van der Waals surface area contributed by atoms with Gasteiger partial charge in [0.2, 0.25) is 0 Å². The van der Waals surface area contributed by atoms with Gasteiger partial charge in [0, 0.05) is 44.1 Å². The zero-order chi connectivity index (χ0) is 22.9. The van der Waals surface area contributed by atoms with Gasteiger partial charge in [0.1, 0.15) is 5.76 Å². The molecule has 2 aliphatic rings. The van der Waals surface area contributed by atoms with Gasteiger partial charge in [-0.1, -0.05) is 18.2 Å². The number of fused-ring (bicyclic) bond motifs is 1. The fourth-order valence-electron chi connectivity index (χ4n) is 4.88. The molecule has 1 unspecified atom stereocenters. The van der Waals surface area contributed by atoms with Crippen LogP contribution in [0.5, 0.6) is 0 Å². The summed E-state index contributed by atoms with van der Waals surface area (Å²) in [6.45, 7) is 3.98. The van der Waals surface area contributed by atoms with Crippen molar-refractivity contribution in [2.75, 3.05) is 18.0 Å². The van der Waals surface area contributed by atoms with Crippen molar-refractivity contribution < 1.29 is 14.0 Å². The van der Waals surface area contributed by atoms with Crippen molar-refractivity contribution in [2.24, 2.45) is 7.05 Å². The Morgan fingerprint density at radius 1 is 1.18 bits per heavy atom. The predicted molar refractivity (Wildman–Crippen MR) is 124 cm³/mol. The molecule has 8 heteroatoms. The third-order valence-electron chi connectivity index (χ3n) is 6.72. The van der Waals surface area contributed by atoms with Gasteiger partial charge >= 0.3 is 0 Å². The lowest BCUT2D eigenvalue weighted by molar-refractivity contribution is 0.0696. The maximum absolute atomic E-state index is 13.3. The van der Waals surface area contributed by atoms with Gasteiger partial charge < -0.3 is 19.5 Å². The quantitative estimate of drug-likeness (QED) is 0.650. The largest absolute Gasteiger partial charge is 0.467 e. The van der Waals surface area contributed by atoms with E-state index in [2.05, 4.69) is 46.5 Å². The average molecular weight is 448 g/mol. The number of hydrogen-bond donors (Lipinski definition) is 1. The lowest BCUT2D eigenvalue weighted by Crippen LogP contribution is -2.46. The maximum atomic E-state index is 13.3. The van der Waals surface area contributed by atoms with E-state index >= 15 is 0 Å². The van der Waals surface area contributed by atoms with Gasteiger partial charge in [-0.3, -0.25) is 14.3 Å². The fourth-order valence-corrected chi connectivity index (χ4v) is 4.88. The van der Waals surface area contributed by atoms with Gasteiger partial charge in [-0.2, -0.15) is 5.10 Å². The number of nitrogens with zero attached hydrogens (tertiary/aromatic N) is 4. The van der Waals surface area contributed by atoms with E-state index in [1.807, 2.05) is 4.90 Å². The molecule has 1 atom stereocenters. The first-order valence-corrected chi connectivity index (χ1v) is 11.5. The zero-order valence-corrected chi connectivity index (χ0v) is 19.0. The smallest absolute Gasteiger partial charge is 0.257 e. The molecule has 1 N–H and O–H groups in total. The minimum absolute atomic E-state index is 0.00378. The van der Waals surface area contributed by atoms with Crippen molar-refractivity contribution >= 4 is 17.5 Å². The Morgan fingerprint density at radius 3 is 2.73 bits per heavy atom. The third kappa shape index (κ3) is 4.25. The first-order chi connectivity index (χ1) is 16.0. The molecule has 3 aromatic rings. The Bertz CT molecular complexity index is 1160. The number of benzene rings is 1. The summed E-state index contributed by atoms with van der Waals surface area (Å²) in [6, 6.07) is 10.6. The predicted octanol–water partition coefficient (Wildman–Crippen LogP) is 3.00. The van der Waals surface area contributed by atoms with Gasteiger partial charge in [-0.25, -0.2) is 0 Å². The molecule has 5 rings (SSSR count). The molecule has 0 saturated carbocycles. The summed E-state index contributed by atoms with van der Waals surface area (Å²) < 4.78 is 7.38. The molecule has 0 bridgehead atoms. The minimum atomic E-state index is -0.120. The highest BCUT2D eigenvalue weighted by Gasteiger charge is 2.30. The minimum Gasteiger partial charge on any atom is -0.467 e. The number of furan rings is 1. The lowest BCUT2D eigenvalue weighted by Gasteiger charge is -2.32. The molecule has 0 spiro atoms. The van der Waals surface area contributed by atoms with Gasteiger partial charge in [-0.05, 0) is 43.9 Å². The number of likely N-dealkylation sites (tertiary alicyclic amines) is 1. The number of amides is 2. The van der Waals surface area contributed by atoms with Crippen molar-refractivity contribution in [2.45, 2.75) is 44.8 Å². The second-order valence-corrected chi connectivity index (χ2v) is 9.01. The summed E-state index contributed by atoms with van der Waals surface area (Å²) in [4.78, 5) is 29.8. The number of rotatable bonds is 5. The van der Waals surface area contributed by atoms with E-state index in [-0.39, 0.29) is 17.9 Å². The molecule has 1 fully saturated rings. The first kappa shape index (κ1) is 21.3. The van der Waals surface area contributed by atoms with Crippen LogP contribution in [0.1, 0.15) is 51.8 Å². The number of piperidine rings is 1. The van der Waals surface area contributed by atoms with Crippen LogP contribution in [-0.2, 0) is 20.0 Å². The molecule has 4 heterocycles. The number of carbonyl (C=O) groups excluding carboxylic acids is 2. The summed E-state index contributed by atoms with van der Waals surface area (Å²) in [5, 5.41) is 7.11. The molecule has 0 radical (unpaired) electrons. The highest BCUT2D eigenvalue weighted by molar-refractivity contribution is 5.95. The van der Waals surface area contributed by atoms with E-state index < -0.39 is 0 Å². The summed E-state index contributed by atoms with van der Waals surface area (Å²) in [6.07, 6.45) is 7.32. The first-order valence-electron chi connectivity index (χ1n) is 11.5. The molecule has 172 valence electrons. The van der Waals surface area contributed by atoms with Crippen molar-refractivity contribution in [3.63, 3.8) is 0 Å². The average Bonchev–Trinajstić information content (AvgIpc) is 3.53. The van der Waals surface area contributed by atoms with Crippen molar-refractivity contribution in [3.05, 3.63) is 71.4 Å². The van der Waals surface area contributed by atoms with Gasteiger partial charge in [0.05, 0.1) is 30.1 Å². The van der Waals surface area contributed by atoms with E-state index in [0.29, 0.717) is 42.6 Å². The summed E-state index contributed by atoms with van der Waals surface area (Å²) >= 11 is 0. The summed E-state index contributed by atoms with van der Waals surface area (Å²) in [5.41, 5.74) is 3.73. The second kappa shape index (κ2) is 8.77. The van der Waals surface area contributed by atoms with Gasteiger partial charge in [0.15, 0.2) is 0 Å². The van der Waals surface area contributed by atoms with Gasteiger partial charge in [0.25, 0.3) is 11.8 Å². The molecular formula is C25H29N5O3. The normalized spacial score (nSPS) is 18.4. The van der Waals surface area contributed by atoms with Crippen molar-refractivity contribution in [3.8, 4) is 0 Å². The number of para-hydroxylation sites is 1. The molecule has 0 aliphatic carbocycles.